The van der Waals surface area contributed by atoms with Gasteiger partial charge in [0.1, 0.15) is 10.9 Å². The topological polar surface area (TPSA) is 75.1 Å². The maximum absolute atomic E-state index is 11.3. The largest absolute Gasteiger partial charge is 0.481 e. The first-order valence-corrected chi connectivity index (χ1v) is 8.57. The number of aryl methyl sites for hydroxylation is 1. The van der Waals surface area contributed by atoms with Crippen molar-refractivity contribution in [1.29, 1.82) is 0 Å². The second-order valence-corrected chi connectivity index (χ2v) is 7.68. The highest BCUT2D eigenvalue weighted by Crippen LogP contribution is 2.38. The Morgan fingerprint density at radius 1 is 1.52 bits per heavy atom. The molecule has 7 heteroatoms. The Kier molecular flexibility index (Phi) is 3.71. The van der Waals surface area contributed by atoms with E-state index in [1.807, 2.05) is 5.38 Å². The first-order chi connectivity index (χ1) is 9.97. The van der Waals surface area contributed by atoms with Gasteiger partial charge in [-0.15, -0.1) is 22.7 Å². The third-order valence-corrected chi connectivity index (χ3v) is 5.78. The summed E-state index contributed by atoms with van der Waals surface area (Å²) in [5.41, 5.74) is 0.434. The smallest absolute Gasteiger partial charge is 0.312 e. The summed E-state index contributed by atoms with van der Waals surface area (Å²) in [6.45, 7) is 4.11. The number of carboxylic acids is 1. The molecule has 21 heavy (non-hydrogen) atoms. The minimum atomic E-state index is -0.771. The van der Waals surface area contributed by atoms with Crippen LogP contribution in [-0.4, -0.2) is 21.0 Å². The zero-order valence-corrected chi connectivity index (χ0v) is 13.6. The molecule has 1 atom stereocenters. The molecule has 0 radical (unpaired) electrons. The van der Waals surface area contributed by atoms with Crippen molar-refractivity contribution in [3.05, 3.63) is 27.2 Å². The lowest BCUT2D eigenvalue weighted by Gasteiger charge is -2.23. The molecule has 0 amide bonds. The van der Waals surface area contributed by atoms with Gasteiger partial charge in [-0.3, -0.25) is 4.79 Å². The summed E-state index contributed by atoms with van der Waals surface area (Å²) in [6, 6.07) is 0. The van der Waals surface area contributed by atoms with E-state index in [4.69, 9.17) is 0 Å². The van der Waals surface area contributed by atoms with E-state index in [2.05, 4.69) is 29.1 Å². The second kappa shape index (κ2) is 5.38. The minimum absolute atomic E-state index is 0.312. The van der Waals surface area contributed by atoms with Crippen LogP contribution in [0.5, 0.6) is 0 Å². The summed E-state index contributed by atoms with van der Waals surface area (Å²) in [4.78, 5) is 21.3. The highest BCUT2D eigenvalue weighted by molar-refractivity contribution is 7.15. The predicted molar refractivity (Wildman–Crippen MR) is 84.2 cm³/mol. The van der Waals surface area contributed by atoms with Crippen LogP contribution in [0.3, 0.4) is 0 Å². The monoisotopic (exact) mass is 323 g/mol. The number of hydrogen-bond donors (Lipinski definition) is 2. The molecule has 0 aromatic carbocycles. The normalized spacial score (nSPS) is 18.3. The Morgan fingerprint density at radius 2 is 2.33 bits per heavy atom. The van der Waals surface area contributed by atoms with E-state index in [0.717, 1.165) is 33.6 Å². The molecule has 0 bridgehead atoms. The number of hydrogen-bond acceptors (Lipinski definition) is 6. The molecule has 5 nitrogen and oxygen atoms in total. The standard InChI is InChI=1S/C14H17N3O2S2/c1-14(2,12-15-6-7-20-12)17-13-16-10-8(11(18)19)4-3-5-9(10)21-13/h6-8H,3-5H2,1-2H3,(H,16,17)(H,18,19). The molecule has 3 rings (SSSR count). The summed E-state index contributed by atoms with van der Waals surface area (Å²) < 4.78 is 0. The van der Waals surface area contributed by atoms with Crippen LogP contribution in [0.2, 0.25) is 0 Å². The summed E-state index contributed by atoms with van der Waals surface area (Å²) in [5, 5.41) is 16.4. The van der Waals surface area contributed by atoms with Crippen LogP contribution in [-0.2, 0) is 16.8 Å². The number of nitrogens with zero attached hydrogens (tertiary/aromatic N) is 2. The summed E-state index contributed by atoms with van der Waals surface area (Å²) in [6.07, 6.45) is 4.32. The van der Waals surface area contributed by atoms with Crippen LogP contribution in [0, 0.1) is 0 Å². The van der Waals surface area contributed by atoms with Crippen molar-refractivity contribution in [1.82, 2.24) is 9.97 Å². The van der Waals surface area contributed by atoms with E-state index in [1.165, 1.54) is 0 Å². The van der Waals surface area contributed by atoms with Gasteiger partial charge in [0.15, 0.2) is 5.13 Å². The maximum Gasteiger partial charge on any atom is 0.312 e. The Labute approximate surface area is 131 Å². The predicted octanol–water partition coefficient (Wildman–Crippen LogP) is 3.45. The van der Waals surface area contributed by atoms with Gasteiger partial charge in [0.25, 0.3) is 0 Å². The van der Waals surface area contributed by atoms with Crippen LogP contribution >= 0.6 is 22.7 Å². The second-order valence-electron chi connectivity index (χ2n) is 5.70. The van der Waals surface area contributed by atoms with Crippen molar-refractivity contribution in [3.8, 4) is 0 Å². The molecule has 2 aromatic heterocycles. The number of carbonyl (C=O) groups is 1. The Balaban J connectivity index is 1.86. The van der Waals surface area contributed by atoms with Crippen LogP contribution in [0.1, 0.15) is 48.2 Å². The van der Waals surface area contributed by atoms with Gasteiger partial charge in [0.2, 0.25) is 0 Å². The number of aromatic nitrogens is 2. The van der Waals surface area contributed by atoms with Crippen molar-refractivity contribution in [2.24, 2.45) is 0 Å². The highest BCUT2D eigenvalue weighted by atomic mass is 32.1. The molecular formula is C14H17N3O2S2. The zero-order valence-electron chi connectivity index (χ0n) is 11.9. The quantitative estimate of drug-likeness (QED) is 0.901. The minimum Gasteiger partial charge on any atom is -0.481 e. The average molecular weight is 323 g/mol. The highest BCUT2D eigenvalue weighted by Gasteiger charge is 2.31. The molecule has 0 saturated carbocycles. The van der Waals surface area contributed by atoms with E-state index < -0.39 is 11.9 Å². The van der Waals surface area contributed by atoms with Crippen molar-refractivity contribution < 1.29 is 9.90 Å². The SMILES string of the molecule is CC(C)(Nc1nc2c(s1)CCCC2C(=O)O)c1nccs1. The molecule has 2 aromatic rings. The van der Waals surface area contributed by atoms with Gasteiger partial charge in [-0.2, -0.15) is 0 Å². The number of fused-ring (bicyclic) bond motifs is 1. The lowest BCUT2D eigenvalue weighted by molar-refractivity contribution is -0.139. The third kappa shape index (κ3) is 2.80. The van der Waals surface area contributed by atoms with Crippen molar-refractivity contribution >= 4 is 33.8 Å². The molecule has 112 valence electrons. The van der Waals surface area contributed by atoms with Crippen LogP contribution in [0.4, 0.5) is 5.13 Å². The molecule has 1 unspecified atom stereocenters. The number of carboxylic acid groups (broad SMARTS) is 1. The Bertz CT molecular complexity index is 649. The molecule has 2 heterocycles. The van der Waals surface area contributed by atoms with E-state index >= 15 is 0 Å². The first-order valence-electron chi connectivity index (χ1n) is 6.88. The van der Waals surface area contributed by atoms with Crippen molar-refractivity contribution in [2.45, 2.75) is 44.6 Å². The Hall–Kier alpha value is -1.47. The fraction of sp³-hybridized carbons (Fsp3) is 0.500. The van der Waals surface area contributed by atoms with Crippen LogP contribution in [0.15, 0.2) is 11.6 Å². The van der Waals surface area contributed by atoms with E-state index in [1.54, 1.807) is 28.9 Å². The van der Waals surface area contributed by atoms with Gasteiger partial charge >= 0.3 is 5.97 Å². The van der Waals surface area contributed by atoms with Gasteiger partial charge in [-0.05, 0) is 33.1 Å². The van der Waals surface area contributed by atoms with E-state index in [9.17, 15) is 9.90 Å². The fourth-order valence-electron chi connectivity index (χ4n) is 2.57. The van der Waals surface area contributed by atoms with Gasteiger partial charge in [-0.1, -0.05) is 0 Å². The average Bonchev–Trinajstić information content (AvgIpc) is 3.06. The number of aliphatic carboxylic acids is 1. The lowest BCUT2D eigenvalue weighted by Crippen LogP contribution is -2.27. The number of thiazole rings is 2. The summed E-state index contributed by atoms with van der Waals surface area (Å²) >= 11 is 3.17. The molecular weight excluding hydrogens is 306 g/mol. The molecule has 0 saturated heterocycles. The third-order valence-electron chi connectivity index (χ3n) is 3.64. The van der Waals surface area contributed by atoms with Crippen molar-refractivity contribution in [2.75, 3.05) is 5.32 Å². The molecule has 1 aliphatic carbocycles. The molecule has 2 N–H and O–H groups in total. The number of nitrogens with one attached hydrogen (secondary N) is 1. The van der Waals surface area contributed by atoms with Gasteiger partial charge < -0.3 is 10.4 Å². The van der Waals surface area contributed by atoms with Crippen LogP contribution in [0.25, 0.3) is 0 Å². The number of rotatable bonds is 4. The van der Waals surface area contributed by atoms with E-state index in [0.29, 0.717) is 6.42 Å². The lowest BCUT2D eigenvalue weighted by atomic mass is 9.91. The molecule has 1 aliphatic rings. The molecule has 0 spiro atoms. The Morgan fingerprint density at radius 3 is 3.00 bits per heavy atom. The van der Waals surface area contributed by atoms with Gasteiger partial charge in [-0.25, -0.2) is 9.97 Å². The molecule has 0 fully saturated rings. The summed E-state index contributed by atoms with van der Waals surface area (Å²) in [5.74, 6) is -1.23. The van der Waals surface area contributed by atoms with Crippen LogP contribution < -0.4 is 5.32 Å². The van der Waals surface area contributed by atoms with Gasteiger partial charge in [0.05, 0.1) is 11.2 Å². The maximum atomic E-state index is 11.3. The van der Waals surface area contributed by atoms with Gasteiger partial charge in [0, 0.05) is 16.5 Å². The fourth-order valence-corrected chi connectivity index (χ4v) is 4.51. The van der Waals surface area contributed by atoms with E-state index in [-0.39, 0.29) is 5.54 Å². The van der Waals surface area contributed by atoms with Crippen molar-refractivity contribution in [3.63, 3.8) is 0 Å². The summed E-state index contributed by atoms with van der Waals surface area (Å²) in [7, 11) is 0. The first kappa shape index (κ1) is 14.5. The zero-order chi connectivity index (χ0) is 15.0. The molecule has 0 aliphatic heterocycles. The number of anilines is 1.